The van der Waals surface area contributed by atoms with Crippen molar-refractivity contribution in [2.45, 2.75) is 53.0 Å². The fourth-order valence-electron chi connectivity index (χ4n) is 3.05. The Morgan fingerprint density at radius 2 is 1.86 bits per heavy atom. The van der Waals surface area contributed by atoms with Crippen LogP contribution in [0.15, 0.2) is 0 Å². The Morgan fingerprint density at radius 3 is 2.48 bits per heavy atom. The molecule has 21 heavy (non-hydrogen) atoms. The number of hydrogen-bond acceptors (Lipinski definition) is 6. The van der Waals surface area contributed by atoms with Crippen LogP contribution in [0.25, 0.3) is 0 Å². The van der Waals surface area contributed by atoms with Gasteiger partial charge >= 0.3 is 6.01 Å². The summed E-state index contributed by atoms with van der Waals surface area (Å²) in [5.41, 5.74) is 0. The highest BCUT2D eigenvalue weighted by molar-refractivity contribution is 5.37. The van der Waals surface area contributed by atoms with Gasteiger partial charge in [-0.15, -0.1) is 0 Å². The van der Waals surface area contributed by atoms with E-state index in [-0.39, 0.29) is 0 Å². The number of hydrogen-bond donors (Lipinski definition) is 2. The second kappa shape index (κ2) is 7.43. The minimum absolute atomic E-state index is 0.378. The average Bonchev–Trinajstić information content (AvgIpc) is 2.80. The molecule has 1 saturated carbocycles. The lowest BCUT2D eigenvalue weighted by Crippen LogP contribution is -2.26. The summed E-state index contributed by atoms with van der Waals surface area (Å²) in [7, 11) is 0. The zero-order chi connectivity index (χ0) is 15.2. The summed E-state index contributed by atoms with van der Waals surface area (Å²) in [5, 5.41) is 6.59. The highest BCUT2D eigenvalue weighted by Crippen LogP contribution is 2.35. The maximum absolute atomic E-state index is 5.42. The zero-order valence-electron chi connectivity index (χ0n) is 13.5. The molecule has 3 unspecified atom stereocenters. The number of ether oxygens (including phenoxy) is 1. The minimum atomic E-state index is 0.378. The van der Waals surface area contributed by atoms with E-state index in [1.807, 2.05) is 13.8 Å². The van der Waals surface area contributed by atoms with Crippen molar-refractivity contribution >= 4 is 11.9 Å². The topological polar surface area (TPSA) is 72.0 Å². The van der Waals surface area contributed by atoms with Gasteiger partial charge in [-0.05, 0) is 38.5 Å². The van der Waals surface area contributed by atoms with Gasteiger partial charge in [-0.25, -0.2) is 0 Å². The fourth-order valence-corrected chi connectivity index (χ4v) is 3.05. The van der Waals surface area contributed by atoms with Crippen LogP contribution >= 0.6 is 0 Å². The van der Waals surface area contributed by atoms with Gasteiger partial charge in [0.25, 0.3) is 0 Å². The van der Waals surface area contributed by atoms with Crippen LogP contribution in [0.5, 0.6) is 6.01 Å². The van der Waals surface area contributed by atoms with Crippen molar-refractivity contribution in [3.05, 3.63) is 0 Å². The van der Waals surface area contributed by atoms with Gasteiger partial charge in [0.15, 0.2) is 0 Å². The molecule has 6 nitrogen and oxygen atoms in total. The van der Waals surface area contributed by atoms with Gasteiger partial charge in [-0.2, -0.15) is 15.0 Å². The maximum Gasteiger partial charge on any atom is 0.323 e. The Labute approximate surface area is 127 Å². The van der Waals surface area contributed by atoms with Gasteiger partial charge in [0, 0.05) is 12.6 Å². The molecule has 1 aliphatic rings. The van der Waals surface area contributed by atoms with E-state index in [9.17, 15) is 0 Å². The molecule has 0 aliphatic heterocycles. The van der Waals surface area contributed by atoms with E-state index in [4.69, 9.17) is 4.74 Å². The smallest absolute Gasteiger partial charge is 0.323 e. The summed E-state index contributed by atoms with van der Waals surface area (Å²) in [6.45, 7) is 9.84. The first-order chi connectivity index (χ1) is 10.2. The summed E-state index contributed by atoms with van der Waals surface area (Å²) in [4.78, 5) is 13.0. The van der Waals surface area contributed by atoms with Crippen LogP contribution in [0.3, 0.4) is 0 Å². The molecular weight excluding hydrogens is 266 g/mol. The Morgan fingerprint density at radius 1 is 1.10 bits per heavy atom. The van der Waals surface area contributed by atoms with Crippen molar-refractivity contribution in [3.63, 3.8) is 0 Å². The van der Waals surface area contributed by atoms with E-state index in [1.165, 1.54) is 19.3 Å². The molecule has 0 saturated heterocycles. The molecule has 2 rings (SSSR count). The van der Waals surface area contributed by atoms with Gasteiger partial charge in [-0.1, -0.05) is 20.3 Å². The molecular formula is C15H27N5O. The lowest BCUT2D eigenvalue weighted by Gasteiger charge is -2.21. The normalized spacial score (nSPS) is 24.9. The summed E-state index contributed by atoms with van der Waals surface area (Å²) in [6.07, 6.45) is 3.69. The molecule has 0 radical (unpaired) electrons. The number of anilines is 2. The van der Waals surface area contributed by atoms with Crippen LogP contribution in [0.1, 0.15) is 47.0 Å². The maximum atomic E-state index is 5.42. The van der Waals surface area contributed by atoms with Crippen molar-refractivity contribution < 1.29 is 4.74 Å². The monoisotopic (exact) mass is 293 g/mol. The first-order valence-electron chi connectivity index (χ1n) is 8.07. The second-order valence-corrected chi connectivity index (χ2v) is 5.58. The third-order valence-electron chi connectivity index (χ3n) is 4.29. The van der Waals surface area contributed by atoms with E-state index >= 15 is 0 Å². The quantitative estimate of drug-likeness (QED) is 0.805. The molecule has 3 atom stereocenters. The second-order valence-electron chi connectivity index (χ2n) is 5.58. The molecule has 1 fully saturated rings. The number of aromatic nitrogens is 3. The van der Waals surface area contributed by atoms with Crippen LogP contribution in [0.4, 0.5) is 11.9 Å². The van der Waals surface area contributed by atoms with Gasteiger partial charge in [0.1, 0.15) is 0 Å². The van der Waals surface area contributed by atoms with Crippen molar-refractivity contribution in [2.75, 3.05) is 23.8 Å². The van der Waals surface area contributed by atoms with Crippen molar-refractivity contribution in [1.82, 2.24) is 15.0 Å². The van der Waals surface area contributed by atoms with Gasteiger partial charge in [0.05, 0.1) is 6.61 Å². The van der Waals surface area contributed by atoms with Crippen LogP contribution in [-0.2, 0) is 0 Å². The molecule has 118 valence electrons. The van der Waals surface area contributed by atoms with E-state index in [1.54, 1.807) is 0 Å². The van der Waals surface area contributed by atoms with Gasteiger partial charge in [-0.3, -0.25) is 0 Å². The predicted molar refractivity (Wildman–Crippen MR) is 84.7 cm³/mol. The number of nitrogens with one attached hydrogen (secondary N) is 2. The highest BCUT2D eigenvalue weighted by atomic mass is 16.5. The minimum Gasteiger partial charge on any atom is -0.464 e. The highest BCUT2D eigenvalue weighted by Gasteiger charge is 2.32. The molecule has 0 spiro atoms. The molecule has 0 amide bonds. The predicted octanol–water partition coefficient (Wildman–Crippen LogP) is 2.94. The average molecular weight is 293 g/mol. The Bertz CT molecular complexity index is 429. The molecule has 0 aromatic carbocycles. The molecule has 0 bridgehead atoms. The molecule has 1 heterocycles. The molecule has 1 aromatic heterocycles. The van der Waals surface area contributed by atoms with E-state index in [0.717, 1.165) is 12.5 Å². The van der Waals surface area contributed by atoms with Crippen LogP contribution in [-0.4, -0.2) is 34.1 Å². The third-order valence-corrected chi connectivity index (χ3v) is 4.29. The third kappa shape index (κ3) is 3.95. The van der Waals surface area contributed by atoms with Crippen molar-refractivity contribution in [2.24, 2.45) is 11.8 Å². The van der Waals surface area contributed by atoms with Crippen LogP contribution in [0, 0.1) is 11.8 Å². The first kappa shape index (κ1) is 15.8. The van der Waals surface area contributed by atoms with Crippen molar-refractivity contribution in [3.8, 4) is 6.01 Å². The Hall–Kier alpha value is -1.59. The largest absolute Gasteiger partial charge is 0.464 e. The van der Waals surface area contributed by atoms with E-state index in [2.05, 4.69) is 39.4 Å². The molecule has 6 heteroatoms. The first-order valence-corrected chi connectivity index (χ1v) is 8.07. The fraction of sp³-hybridized carbons (Fsp3) is 0.800. The van der Waals surface area contributed by atoms with Gasteiger partial charge < -0.3 is 15.4 Å². The van der Waals surface area contributed by atoms with Crippen LogP contribution in [0.2, 0.25) is 0 Å². The SMILES string of the molecule is CCNc1nc(NC2CCC(CC)C2C)nc(OCC)n1. The Balaban J connectivity index is 2.11. The summed E-state index contributed by atoms with van der Waals surface area (Å²) >= 11 is 0. The summed E-state index contributed by atoms with van der Waals surface area (Å²) in [6, 6.07) is 0.810. The zero-order valence-corrected chi connectivity index (χ0v) is 13.5. The lowest BCUT2D eigenvalue weighted by atomic mass is 9.94. The van der Waals surface area contributed by atoms with Gasteiger partial charge in [0.2, 0.25) is 11.9 Å². The standard InChI is InChI=1S/C15H27N5O/c1-5-11-8-9-12(10(11)4)17-14-18-13(16-6-2)19-15(20-14)21-7-3/h10-12H,5-9H2,1-4H3,(H2,16,17,18,19,20). The lowest BCUT2D eigenvalue weighted by molar-refractivity contribution is 0.312. The van der Waals surface area contributed by atoms with Crippen LogP contribution < -0.4 is 15.4 Å². The Kier molecular flexibility index (Phi) is 5.59. The van der Waals surface area contributed by atoms with E-state index < -0.39 is 0 Å². The summed E-state index contributed by atoms with van der Waals surface area (Å²) in [5.74, 6) is 2.61. The van der Waals surface area contributed by atoms with Crippen molar-refractivity contribution in [1.29, 1.82) is 0 Å². The van der Waals surface area contributed by atoms with E-state index in [0.29, 0.717) is 36.5 Å². The number of rotatable bonds is 7. The number of nitrogens with zero attached hydrogens (tertiary/aromatic N) is 3. The molecule has 1 aromatic rings. The summed E-state index contributed by atoms with van der Waals surface area (Å²) < 4.78 is 5.42. The molecule has 1 aliphatic carbocycles. The molecule has 2 N–H and O–H groups in total.